The number of nitrogens with one attached hydrogen (secondary N) is 2. The topological polar surface area (TPSA) is 93.7 Å². The molecule has 160 valence electrons. The highest BCUT2D eigenvalue weighted by molar-refractivity contribution is 7.92. The summed E-state index contributed by atoms with van der Waals surface area (Å²) in [6.07, 6.45) is -0.814. The third kappa shape index (κ3) is 4.60. The van der Waals surface area contributed by atoms with E-state index in [0.717, 1.165) is 0 Å². The first kappa shape index (κ1) is 21.0. The Labute approximate surface area is 185 Å². The lowest BCUT2D eigenvalue weighted by Gasteiger charge is -2.25. The Balaban J connectivity index is 1.43. The third-order valence-electron chi connectivity index (χ3n) is 4.75. The SMILES string of the molecule is Cc1c(Cl)cccc1NS(=O)(=O)c1ccc(NC(=O)[C@H]2COc3ccccc3O2)cc1. The van der Waals surface area contributed by atoms with Gasteiger partial charge in [0.1, 0.15) is 6.61 Å². The zero-order valence-corrected chi connectivity index (χ0v) is 18.0. The number of ether oxygens (including phenoxy) is 2. The molecule has 1 heterocycles. The van der Waals surface area contributed by atoms with E-state index < -0.39 is 22.0 Å². The first-order valence-corrected chi connectivity index (χ1v) is 11.3. The van der Waals surface area contributed by atoms with Crippen molar-refractivity contribution in [3.8, 4) is 11.5 Å². The van der Waals surface area contributed by atoms with E-state index in [9.17, 15) is 13.2 Å². The summed E-state index contributed by atoms with van der Waals surface area (Å²) in [4.78, 5) is 12.6. The van der Waals surface area contributed by atoms with Crippen LogP contribution in [0.2, 0.25) is 5.02 Å². The van der Waals surface area contributed by atoms with E-state index in [-0.39, 0.29) is 11.5 Å². The van der Waals surface area contributed by atoms with E-state index in [0.29, 0.717) is 33.5 Å². The van der Waals surface area contributed by atoms with E-state index in [1.165, 1.54) is 24.3 Å². The lowest BCUT2D eigenvalue weighted by atomic mass is 10.2. The molecule has 3 aromatic rings. The van der Waals surface area contributed by atoms with Gasteiger partial charge < -0.3 is 14.8 Å². The highest BCUT2D eigenvalue weighted by Crippen LogP contribution is 2.31. The molecule has 0 radical (unpaired) electrons. The van der Waals surface area contributed by atoms with Crippen LogP contribution >= 0.6 is 11.6 Å². The molecule has 1 aliphatic rings. The molecule has 0 fully saturated rings. The number of hydrogen-bond acceptors (Lipinski definition) is 5. The third-order valence-corrected chi connectivity index (χ3v) is 6.54. The van der Waals surface area contributed by atoms with Crippen LogP contribution in [-0.4, -0.2) is 27.0 Å². The first-order valence-electron chi connectivity index (χ1n) is 9.41. The number of carbonyl (C=O) groups is 1. The molecular formula is C22H19ClN2O5S. The number of anilines is 2. The van der Waals surface area contributed by atoms with Crippen LogP contribution in [0, 0.1) is 6.92 Å². The van der Waals surface area contributed by atoms with Crippen molar-refractivity contribution in [2.24, 2.45) is 0 Å². The molecule has 1 amide bonds. The van der Waals surface area contributed by atoms with Gasteiger partial charge in [-0.2, -0.15) is 0 Å². The van der Waals surface area contributed by atoms with Crippen LogP contribution in [0.25, 0.3) is 0 Å². The van der Waals surface area contributed by atoms with Crippen molar-refractivity contribution in [3.63, 3.8) is 0 Å². The molecule has 1 atom stereocenters. The highest BCUT2D eigenvalue weighted by atomic mass is 35.5. The molecule has 0 aliphatic carbocycles. The number of halogens is 1. The van der Waals surface area contributed by atoms with Gasteiger partial charge in [-0.05, 0) is 61.0 Å². The van der Waals surface area contributed by atoms with Gasteiger partial charge in [0.05, 0.1) is 10.6 Å². The van der Waals surface area contributed by atoms with E-state index in [4.69, 9.17) is 21.1 Å². The van der Waals surface area contributed by atoms with Crippen LogP contribution in [0.15, 0.2) is 71.6 Å². The summed E-state index contributed by atoms with van der Waals surface area (Å²) in [6, 6.07) is 17.9. The first-order chi connectivity index (χ1) is 14.8. The van der Waals surface area contributed by atoms with Gasteiger partial charge in [0.25, 0.3) is 15.9 Å². The van der Waals surface area contributed by atoms with E-state index >= 15 is 0 Å². The van der Waals surface area contributed by atoms with Gasteiger partial charge in [-0.15, -0.1) is 0 Å². The monoisotopic (exact) mass is 458 g/mol. The summed E-state index contributed by atoms with van der Waals surface area (Å²) in [5, 5.41) is 3.18. The number of amides is 1. The summed E-state index contributed by atoms with van der Waals surface area (Å²) in [5.41, 5.74) is 1.47. The lowest BCUT2D eigenvalue weighted by molar-refractivity contribution is -0.125. The van der Waals surface area contributed by atoms with E-state index in [1.807, 2.05) is 6.07 Å². The van der Waals surface area contributed by atoms with E-state index in [2.05, 4.69) is 10.0 Å². The van der Waals surface area contributed by atoms with Gasteiger partial charge in [0.15, 0.2) is 11.5 Å². The zero-order chi connectivity index (χ0) is 22.0. The highest BCUT2D eigenvalue weighted by Gasteiger charge is 2.27. The molecule has 31 heavy (non-hydrogen) atoms. The van der Waals surface area contributed by atoms with Crippen molar-refractivity contribution in [2.75, 3.05) is 16.6 Å². The number of carbonyl (C=O) groups excluding carboxylic acids is 1. The van der Waals surface area contributed by atoms with Gasteiger partial charge in [-0.25, -0.2) is 8.42 Å². The zero-order valence-electron chi connectivity index (χ0n) is 16.5. The second-order valence-corrected chi connectivity index (χ2v) is 8.99. The van der Waals surface area contributed by atoms with Crippen molar-refractivity contribution in [3.05, 3.63) is 77.3 Å². The minimum Gasteiger partial charge on any atom is -0.485 e. The summed E-state index contributed by atoms with van der Waals surface area (Å²) in [5.74, 6) is 0.694. The normalized spacial score (nSPS) is 15.2. The average Bonchev–Trinajstić information content (AvgIpc) is 2.77. The molecule has 2 N–H and O–H groups in total. The molecule has 3 aromatic carbocycles. The molecule has 0 bridgehead atoms. The maximum Gasteiger partial charge on any atom is 0.269 e. The molecule has 0 aromatic heterocycles. The number of para-hydroxylation sites is 2. The standard InChI is InChI=1S/C22H19ClN2O5S/c1-14-17(23)5-4-6-18(14)25-31(27,28)16-11-9-15(10-12-16)24-22(26)21-13-29-19-7-2-3-8-20(19)30-21/h2-12,21,25H,13H2,1H3,(H,24,26)/t21-/m1/s1. The number of hydrogen-bond donors (Lipinski definition) is 2. The smallest absolute Gasteiger partial charge is 0.269 e. The number of rotatable bonds is 5. The predicted molar refractivity (Wildman–Crippen MR) is 118 cm³/mol. The summed E-state index contributed by atoms with van der Waals surface area (Å²) in [7, 11) is -3.82. The Kier molecular flexibility index (Phi) is 5.75. The van der Waals surface area contributed by atoms with Crippen LogP contribution in [0.4, 0.5) is 11.4 Å². The second kappa shape index (κ2) is 8.49. The molecule has 4 rings (SSSR count). The Hall–Kier alpha value is -3.23. The van der Waals surface area contributed by atoms with Gasteiger partial charge in [-0.3, -0.25) is 9.52 Å². The Morgan fingerprint density at radius 1 is 1.00 bits per heavy atom. The van der Waals surface area contributed by atoms with Crippen LogP contribution in [-0.2, 0) is 14.8 Å². The van der Waals surface area contributed by atoms with E-state index in [1.54, 1.807) is 43.3 Å². The fourth-order valence-corrected chi connectivity index (χ4v) is 4.31. The molecule has 0 saturated heterocycles. The largest absolute Gasteiger partial charge is 0.485 e. The minimum absolute atomic E-state index is 0.0519. The number of sulfonamides is 1. The van der Waals surface area contributed by atoms with Crippen LogP contribution in [0.1, 0.15) is 5.56 Å². The Morgan fingerprint density at radius 3 is 2.45 bits per heavy atom. The Bertz CT molecular complexity index is 1230. The predicted octanol–water partition coefficient (Wildman–Crippen LogP) is 4.23. The van der Waals surface area contributed by atoms with Crippen molar-refractivity contribution in [1.29, 1.82) is 0 Å². The van der Waals surface area contributed by atoms with Crippen molar-refractivity contribution in [2.45, 2.75) is 17.9 Å². The van der Waals surface area contributed by atoms with Crippen LogP contribution in [0.5, 0.6) is 11.5 Å². The van der Waals surface area contributed by atoms with Gasteiger partial charge in [0, 0.05) is 10.7 Å². The Morgan fingerprint density at radius 2 is 1.71 bits per heavy atom. The van der Waals surface area contributed by atoms with Gasteiger partial charge in [-0.1, -0.05) is 29.8 Å². The summed E-state index contributed by atoms with van der Waals surface area (Å²) in [6.45, 7) is 1.81. The molecule has 0 unspecified atom stereocenters. The van der Waals surface area contributed by atoms with Gasteiger partial charge in [0.2, 0.25) is 6.10 Å². The lowest BCUT2D eigenvalue weighted by Crippen LogP contribution is -2.40. The molecule has 7 nitrogen and oxygen atoms in total. The average molecular weight is 459 g/mol. The van der Waals surface area contributed by atoms with Gasteiger partial charge >= 0.3 is 0 Å². The van der Waals surface area contributed by atoms with Crippen LogP contribution in [0.3, 0.4) is 0 Å². The van der Waals surface area contributed by atoms with Crippen molar-refractivity contribution < 1.29 is 22.7 Å². The molecule has 0 saturated carbocycles. The fourth-order valence-electron chi connectivity index (χ4n) is 3.01. The van der Waals surface area contributed by atoms with Crippen LogP contribution < -0.4 is 19.5 Å². The molecule has 1 aliphatic heterocycles. The fraction of sp³-hybridized carbons (Fsp3) is 0.136. The maximum atomic E-state index is 12.7. The van der Waals surface area contributed by atoms with Crippen molar-refractivity contribution in [1.82, 2.24) is 0 Å². The maximum absolute atomic E-state index is 12.7. The summed E-state index contributed by atoms with van der Waals surface area (Å²) < 4.78 is 39.1. The van der Waals surface area contributed by atoms with Crippen molar-refractivity contribution >= 4 is 38.9 Å². The quantitative estimate of drug-likeness (QED) is 0.596. The molecule has 9 heteroatoms. The minimum atomic E-state index is -3.82. The number of fused-ring (bicyclic) bond motifs is 1. The summed E-state index contributed by atoms with van der Waals surface area (Å²) >= 11 is 6.06. The molecular weight excluding hydrogens is 440 g/mol. The number of benzene rings is 3. The second-order valence-electron chi connectivity index (χ2n) is 6.90. The molecule has 0 spiro atoms.